The number of carbonyl (C=O) groups is 1. The standard InChI is InChI=1S/C9H13ClN4O/c1-6-5-14(3-2-7(6)10)9(15)8-4-11-13-12-8/h4,6-7H,2-3,5H2,1H3,(H,11,12,13). The lowest BCUT2D eigenvalue weighted by atomic mass is 9.99. The van der Waals surface area contributed by atoms with Crippen molar-refractivity contribution in [1.82, 2.24) is 20.3 Å². The quantitative estimate of drug-likeness (QED) is 0.727. The largest absolute Gasteiger partial charge is 0.337 e. The minimum absolute atomic E-state index is 0.0702. The fourth-order valence-electron chi connectivity index (χ4n) is 1.77. The molecular formula is C9H13ClN4O. The number of carbonyl (C=O) groups excluding carboxylic acids is 1. The summed E-state index contributed by atoms with van der Waals surface area (Å²) in [6.45, 7) is 3.45. The maximum atomic E-state index is 11.9. The number of piperidine rings is 1. The molecule has 5 nitrogen and oxygen atoms in total. The third kappa shape index (κ3) is 2.12. The van der Waals surface area contributed by atoms with E-state index in [9.17, 15) is 4.79 Å². The van der Waals surface area contributed by atoms with Gasteiger partial charge in [-0.15, -0.1) is 11.6 Å². The van der Waals surface area contributed by atoms with Gasteiger partial charge in [0.2, 0.25) is 0 Å². The van der Waals surface area contributed by atoms with E-state index in [0.29, 0.717) is 24.7 Å². The minimum atomic E-state index is -0.0702. The summed E-state index contributed by atoms with van der Waals surface area (Å²) >= 11 is 6.09. The lowest BCUT2D eigenvalue weighted by Gasteiger charge is -2.33. The Kier molecular flexibility index (Phi) is 2.90. The molecule has 2 unspecified atom stereocenters. The second-order valence-electron chi connectivity index (χ2n) is 3.89. The lowest BCUT2D eigenvalue weighted by molar-refractivity contribution is 0.0681. The number of aromatic amines is 1. The maximum absolute atomic E-state index is 11.9. The number of amides is 1. The highest BCUT2D eigenvalue weighted by atomic mass is 35.5. The van der Waals surface area contributed by atoms with Gasteiger partial charge in [-0.1, -0.05) is 6.92 Å². The van der Waals surface area contributed by atoms with Gasteiger partial charge >= 0.3 is 0 Å². The zero-order valence-corrected chi connectivity index (χ0v) is 9.24. The number of alkyl halides is 1. The van der Waals surface area contributed by atoms with Gasteiger partial charge in [-0.2, -0.15) is 15.4 Å². The summed E-state index contributed by atoms with van der Waals surface area (Å²) in [4.78, 5) is 13.7. The van der Waals surface area contributed by atoms with Crippen LogP contribution in [0.1, 0.15) is 23.8 Å². The Balaban J connectivity index is 2.03. The highest BCUT2D eigenvalue weighted by molar-refractivity contribution is 6.20. The Morgan fingerprint density at radius 1 is 1.73 bits per heavy atom. The molecule has 82 valence electrons. The first kappa shape index (κ1) is 10.4. The van der Waals surface area contributed by atoms with Gasteiger partial charge in [0.05, 0.1) is 6.20 Å². The first-order valence-electron chi connectivity index (χ1n) is 4.97. The van der Waals surface area contributed by atoms with E-state index in [1.807, 2.05) is 0 Å². The monoisotopic (exact) mass is 228 g/mol. The Labute approximate surface area is 92.8 Å². The molecule has 0 bridgehead atoms. The van der Waals surface area contributed by atoms with Crippen LogP contribution in [0.4, 0.5) is 0 Å². The topological polar surface area (TPSA) is 61.9 Å². The molecule has 2 rings (SSSR count). The molecule has 1 aromatic rings. The van der Waals surface area contributed by atoms with E-state index in [1.165, 1.54) is 6.20 Å². The average Bonchev–Trinajstić information content (AvgIpc) is 2.74. The van der Waals surface area contributed by atoms with Crippen molar-refractivity contribution >= 4 is 17.5 Å². The van der Waals surface area contributed by atoms with Gasteiger partial charge in [-0.25, -0.2) is 0 Å². The number of nitrogens with zero attached hydrogens (tertiary/aromatic N) is 3. The molecule has 1 aliphatic rings. The van der Waals surface area contributed by atoms with E-state index < -0.39 is 0 Å². The Morgan fingerprint density at radius 2 is 2.53 bits per heavy atom. The zero-order valence-electron chi connectivity index (χ0n) is 8.48. The molecule has 1 saturated heterocycles. The fourth-order valence-corrected chi connectivity index (χ4v) is 1.95. The molecule has 0 aliphatic carbocycles. The van der Waals surface area contributed by atoms with Crippen molar-refractivity contribution in [2.45, 2.75) is 18.7 Å². The lowest BCUT2D eigenvalue weighted by Crippen LogP contribution is -2.43. The van der Waals surface area contributed by atoms with Crippen molar-refractivity contribution in [1.29, 1.82) is 0 Å². The summed E-state index contributed by atoms with van der Waals surface area (Å²) in [6, 6.07) is 0. The van der Waals surface area contributed by atoms with Crippen LogP contribution in [0.5, 0.6) is 0 Å². The number of hydrogen-bond donors (Lipinski definition) is 1. The first-order chi connectivity index (χ1) is 7.18. The molecule has 1 aromatic heterocycles. The van der Waals surface area contributed by atoms with Crippen LogP contribution in [0.25, 0.3) is 0 Å². The van der Waals surface area contributed by atoms with Crippen LogP contribution < -0.4 is 0 Å². The van der Waals surface area contributed by atoms with E-state index in [-0.39, 0.29) is 11.3 Å². The average molecular weight is 229 g/mol. The molecule has 0 spiro atoms. The predicted octanol–water partition coefficient (Wildman–Crippen LogP) is 0.894. The van der Waals surface area contributed by atoms with Crippen LogP contribution in [0.3, 0.4) is 0 Å². The number of nitrogens with one attached hydrogen (secondary N) is 1. The number of hydrogen-bond acceptors (Lipinski definition) is 3. The molecule has 0 radical (unpaired) electrons. The van der Waals surface area contributed by atoms with Gasteiger partial charge in [-0.05, 0) is 12.3 Å². The van der Waals surface area contributed by atoms with Crippen molar-refractivity contribution < 1.29 is 4.79 Å². The maximum Gasteiger partial charge on any atom is 0.276 e. The summed E-state index contributed by atoms with van der Waals surface area (Å²) < 4.78 is 0. The van der Waals surface area contributed by atoms with Gasteiger partial charge in [0.15, 0.2) is 5.69 Å². The molecule has 15 heavy (non-hydrogen) atoms. The molecule has 2 heterocycles. The van der Waals surface area contributed by atoms with E-state index in [4.69, 9.17) is 11.6 Å². The number of likely N-dealkylation sites (tertiary alicyclic amines) is 1. The Hall–Kier alpha value is -1.10. The highest BCUT2D eigenvalue weighted by Crippen LogP contribution is 2.22. The number of rotatable bonds is 1. The number of aromatic nitrogens is 3. The van der Waals surface area contributed by atoms with E-state index in [2.05, 4.69) is 22.3 Å². The Morgan fingerprint density at radius 3 is 3.13 bits per heavy atom. The highest BCUT2D eigenvalue weighted by Gasteiger charge is 2.28. The Bertz CT molecular complexity index is 340. The van der Waals surface area contributed by atoms with Crippen LogP contribution in [0.15, 0.2) is 6.20 Å². The van der Waals surface area contributed by atoms with Gasteiger partial charge < -0.3 is 4.90 Å². The summed E-state index contributed by atoms with van der Waals surface area (Å²) in [5.41, 5.74) is 0.371. The molecule has 0 saturated carbocycles. The van der Waals surface area contributed by atoms with E-state index >= 15 is 0 Å². The summed E-state index contributed by atoms with van der Waals surface area (Å²) in [7, 11) is 0. The van der Waals surface area contributed by atoms with Crippen molar-refractivity contribution in [3.05, 3.63) is 11.9 Å². The number of H-pyrrole nitrogens is 1. The van der Waals surface area contributed by atoms with E-state index in [0.717, 1.165) is 6.42 Å². The number of halogens is 1. The van der Waals surface area contributed by atoms with Crippen molar-refractivity contribution in [2.75, 3.05) is 13.1 Å². The van der Waals surface area contributed by atoms with E-state index in [1.54, 1.807) is 4.90 Å². The summed E-state index contributed by atoms with van der Waals surface area (Å²) in [6.07, 6.45) is 2.28. The second kappa shape index (κ2) is 4.18. The third-order valence-corrected chi connectivity index (χ3v) is 3.37. The van der Waals surface area contributed by atoms with Gasteiger partial charge in [0, 0.05) is 18.5 Å². The van der Waals surface area contributed by atoms with Gasteiger partial charge in [-0.3, -0.25) is 4.79 Å². The van der Waals surface area contributed by atoms with Crippen LogP contribution in [0, 0.1) is 5.92 Å². The SMILES string of the molecule is CC1CN(C(=O)c2cn[nH]n2)CCC1Cl. The molecule has 1 aliphatic heterocycles. The summed E-state index contributed by atoms with van der Waals surface area (Å²) in [5.74, 6) is 0.260. The van der Waals surface area contributed by atoms with Gasteiger partial charge in [0.25, 0.3) is 5.91 Å². The molecule has 2 atom stereocenters. The normalized spacial score (nSPS) is 26.7. The van der Waals surface area contributed by atoms with Crippen LogP contribution in [0.2, 0.25) is 0 Å². The molecule has 1 fully saturated rings. The smallest absolute Gasteiger partial charge is 0.276 e. The molecule has 6 heteroatoms. The summed E-state index contributed by atoms with van der Waals surface area (Å²) in [5, 5.41) is 10.0. The van der Waals surface area contributed by atoms with Crippen molar-refractivity contribution in [2.24, 2.45) is 5.92 Å². The van der Waals surface area contributed by atoms with Crippen LogP contribution >= 0.6 is 11.6 Å². The molecule has 1 N–H and O–H groups in total. The fraction of sp³-hybridized carbons (Fsp3) is 0.667. The molecule has 0 aromatic carbocycles. The van der Waals surface area contributed by atoms with Crippen LogP contribution in [-0.2, 0) is 0 Å². The molecule has 1 amide bonds. The van der Waals surface area contributed by atoms with Crippen molar-refractivity contribution in [3.8, 4) is 0 Å². The van der Waals surface area contributed by atoms with Crippen molar-refractivity contribution in [3.63, 3.8) is 0 Å². The zero-order chi connectivity index (χ0) is 10.8. The van der Waals surface area contributed by atoms with Crippen LogP contribution in [-0.4, -0.2) is 44.7 Å². The minimum Gasteiger partial charge on any atom is -0.337 e. The second-order valence-corrected chi connectivity index (χ2v) is 4.45. The predicted molar refractivity (Wildman–Crippen MR) is 55.7 cm³/mol. The first-order valence-corrected chi connectivity index (χ1v) is 5.41. The molecular weight excluding hydrogens is 216 g/mol. The third-order valence-electron chi connectivity index (χ3n) is 2.72. The van der Waals surface area contributed by atoms with Gasteiger partial charge in [0.1, 0.15) is 0 Å².